The summed E-state index contributed by atoms with van der Waals surface area (Å²) in [6.45, 7) is 11.7. The van der Waals surface area contributed by atoms with Crippen LogP contribution in [0.2, 0.25) is 0 Å². The summed E-state index contributed by atoms with van der Waals surface area (Å²) in [7, 11) is 0. The van der Waals surface area contributed by atoms with Gasteiger partial charge in [0.25, 0.3) is 0 Å². The van der Waals surface area contributed by atoms with Gasteiger partial charge in [0.1, 0.15) is 42.4 Å². The van der Waals surface area contributed by atoms with Crippen LogP contribution in [-0.4, -0.2) is 104 Å². The maximum absolute atomic E-state index is 13.0. The van der Waals surface area contributed by atoms with Crippen LogP contribution in [0, 0.1) is 17.8 Å². The maximum atomic E-state index is 13.0. The highest BCUT2D eigenvalue weighted by Crippen LogP contribution is 2.53. The third kappa shape index (κ3) is 5.51. The quantitative estimate of drug-likeness (QED) is 0.138. The summed E-state index contributed by atoms with van der Waals surface area (Å²) in [5, 5.41) is 60.2. The van der Waals surface area contributed by atoms with E-state index in [4.69, 9.17) is 18.9 Å². The number of carbonyl (C=O) groups is 2. The summed E-state index contributed by atoms with van der Waals surface area (Å²) in [6, 6.07) is 6.05. The minimum atomic E-state index is -1.61. The van der Waals surface area contributed by atoms with E-state index in [1.807, 2.05) is 0 Å². The van der Waals surface area contributed by atoms with Crippen molar-refractivity contribution in [3.05, 3.63) is 66.3 Å². The molecule has 6 N–H and O–H groups in total. The molecule has 12 unspecified atom stereocenters. The van der Waals surface area contributed by atoms with Crippen molar-refractivity contribution in [3.8, 4) is 5.75 Å². The first-order valence-electron chi connectivity index (χ1n) is 13.8. The summed E-state index contributed by atoms with van der Waals surface area (Å²) in [6.07, 6.45) is -10.8. The van der Waals surface area contributed by atoms with Gasteiger partial charge in [-0.05, 0) is 35.6 Å². The number of rotatable bonds is 7. The number of ether oxygens (including phenoxy) is 4. The van der Waals surface area contributed by atoms with Gasteiger partial charge in [-0.1, -0.05) is 37.4 Å². The number of phenolic OH excluding ortho intramolecular Hbond substituents is 1. The van der Waals surface area contributed by atoms with Crippen LogP contribution in [0.5, 0.6) is 5.75 Å². The van der Waals surface area contributed by atoms with Crippen LogP contribution in [-0.2, 0) is 35.0 Å². The van der Waals surface area contributed by atoms with Crippen molar-refractivity contribution in [3.63, 3.8) is 0 Å². The highest BCUT2D eigenvalue weighted by atomic mass is 16.7. The van der Waals surface area contributed by atoms with Crippen molar-refractivity contribution < 1.29 is 59.2 Å². The number of aliphatic hydroxyl groups excluding tert-OH is 5. The Morgan fingerprint density at radius 1 is 1.05 bits per heavy atom. The fraction of sp³-hybridized carbons (Fsp3) is 0.533. The Kier molecular flexibility index (Phi) is 8.59. The fourth-order valence-corrected chi connectivity index (χ4v) is 6.50. The maximum Gasteiger partial charge on any atom is 0.335 e. The molecule has 0 spiro atoms. The van der Waals surface area contributed by atoms with Crippen LogP contribution in [0.3, 0.4) is 0 Å². The topological polar surface area (TPSA) is 192 Å². The molecule has 0 bridgehead atoms. The molecule has 0 amide bonds. The van der Waals surface area contributed by atoms with Gasteiger partial charge < -0.3 is 49.6 Å². The van der Waals surface area contributed by atoms with E-state index < -0.39 is 85.5 Å². The smallest absolute Gasteiger partial charge is 0.335 e. The molecule has 4 aliphatic rings. The minimum absolute atomic E-state index is 0.0454. The van der Waals surface area contributed by atoms with Crippen molar-refractivity contribution >= 4 is 11.9 Å². The summed E-state index contributed by atoms with van der Waals surface area (Å²) in [5.41, 5.74) is 1.91. The van der Waals surface area contributed by atoms with Crippen LogP contribution >= 0.6 is 0 Å². The van der Waals surface area contributed by atoms with Crippen LogP contribution < -0.4 is 0 Å². The Labute approximate surface area is 242 Å². The lowest BCUT2D eigenvalue weighted by molar-refractivity contribution is -0.308. The van der Waals surface area contributed by atoms with E-state index in [1.54, 1.807) is 12.1 Å². The van der Waals surface area contributed by atoms with Gasteiger partial charge in [-0.25, -0.2) is 9.59 Å². The van der Waals surface area contributed by atoms with Gasteiger partial charge in [-0.3, -0.25) is 0 Å². The zero-order valence-electron chi connectivity index (χ0n) is 22.8. The molecule has 12 nitrogen and oxygen atoms in total. The van der Waals surface area contributed by atoms with E-state index in [-0.39, 0.29) is 30.1 Å². The number of hydrogen-bond donors (Lipinski definition) is 6. The van der Waals surface area contributed by atoms with Crippen LogP contribution in [0.1, 0.15) is 18.4 Å². The van der Waals surface area contributed by atoms with E-state index >= 15 is 0 Å². The second-order valence-corrected chi connectivity index (χ2v) is 11.4. The van der Waals surface area contributed by atoms with Crippen LogP contribution in [0.4, 0.5) is 0 Å². The molecule has 12 atom stereocenters. The predicted molar refractivity (Wildman–Crippen MR) is 143 cm³/mol. The van der Waals surface area contributed by atoms with Gasteiger partial charge in [-0.15, -0.1) is 0 Å². The van der Waals surface area contributed by atoms with Gasteiger partial charge in [0.05, 0.1) is 18.6 Å². The fourth-order valence-electron chi connectivity index (χ4n) is 6.50. The molecule has 0 radical (unpaired) electrons. The van der Waals surface area contributed by atoms with Gasteiger partial charge in [0.2, 0.25) is 0 Å². The molecular formula is C30H36O12. The molecule has 1 aromatic rings. The summed E-state index contributed by atoms with van der Waals surface area (Å²) in [5.74, 6) is -3.07. The summed E-state index contributed by atoms with van der Waals surface area (Å²) < 4.78 is 23.0. The Morgan fingerprint density at radius 3 is 2.40 bits per heavy atom. The first-order valence-corrected chi connectivity index (χ1v) is 13.8. The van der Waals surface area contributed by atoms with E-state index in [0.29, 0.717) is 23.1 Å². The van der Waals surface area contributed by atoms with Gasteiger partial charge >= 0.3 is 11.9 Å². The molecule has 2 saturated carbocycles. The van der Waals surface area contributed by atoms with Gasteiger partial charge in [-0.2, -0.15) is 0 Å². The van der Waals surface area contributed by atoms with Gasteiger partial charge in [0, 0.05) is 24.3 Å². The third-order valence-electron chi connectivity index (χ3n) is 8.80. The Balaban J connectivity index is 1.32. The second-order valence-electron chi connectivity index (χ2n) is 11.4. The molecule has 2 heterocycles. The number of aromatic hydroxyl groups is 1. The van der Waals surface area contributed by atoms with E-state index in [1.165, 1.54) is 12.1 Å². The molecular weight excluding hydrogens is 552 g/mol. The average molecular weight is 589 g/mol. The van der Waals surface area contributed by atoms with Crippen LogP contribution in [0.15, 0.2) is 60.7 Å². The molecule has 4 fully saturated rings. The monoisotopic (exact) mass is 588 g/mol. The number of esters is 2. The summed E-state index contributed by atoms with van der Waals surface area (Å²) in [4.78, 5) is 25.7. The van der Waals surface area contributed by atoms with Crippen molar-refractivity contribution in [1.29, 1.82) is 0 Å². The number of fused-ring (bicyclic) bond motifs is 3. The lowest BCUT2D eigenvalue weighted by Crippen LogP contribution is -2.59. The number of carbonyl (C=O) groups excluding carboxylic acids is 2. The molecule has 2 aliphatic heterocycles. The largest absolute Gasteiger partial charge is 0.508 e. The lowest BCUT2D eigenvalue weighted by atomic mass is 9.81. The minimum Gasteiger partial charge on any atom is -0.508 e. The highest BCUT2D eigenvalue weighted by molar-refractivity contribution is 5.91. The first kappa shape index (κ1) is 30.4. The van der Waals surface area contributed by atoms with E-state index in [2.05, 4.69) is 19.7 Å². The molecule has 1 aromatic carbocycles. The molecule has 5 rings (SSSR count). The standard InChI is InChI=1S/C30H36O12/c1-12-8-20(39-29(38)18(33)9-15-4-6-16(32)7-5-15)23-14(3)28(37)42-27(23)22-13(2)19(10-17(12)22)40-30-26(36)25(35)24(34)21(11-31)41-30/h4-7,17-27,30-36H,1-3,8-11H2. The molecule has 2 aliphatic carbocycles. The van der Waals surface area contributed by atoms with Crippen LogP contribution in [0.25, 0.3) is 0 Å². The highest BCUT2D eigenvalue weighted by Gasteiger charge is 2.58. The Bertz CT molecular complexity index is 1240. The predicted octanol–water partition coefficient (Wildman–Crippen LogP) is -0.358. The molecule has 228 valence electrons. The van der Waals surface area contributed by atoms with Gasteiger partial charge in [0.15, 0.2) is 12.4 Å². The number of benzene rings is 1. The normalized spacial score (nSPS) is 38.8. The molecule has 2 saturated heterocycles. The third-order valence-corrected chi connectivity index (χ3v) is 8.80. The number of aliphatic hydroxyl groups is 5. The molecule has 0 aromatic heterocycles. The van der Waals surface area contributed by atoms with Crippen molar-refractivity contribution in [2.45, 2.75) is 74.4 Å². The lowest BCUT2D eigenvalue weighted by Gasteiger charge is -2.40. The van der Waals surface area contributed by atoms with E-state index in [9.17, 15) is 40.2 Å². The van der Waals surface area contributed by atoms with Crippen molar-refractivity contribution in [2.24, 2.45) is 17.8 Å². The zero-order chi connectivity index (χ0) is 30.5. The number of phenols is 1. The Hall–Kier alpha value is -3.10. The average Bonchev–Trinajstić information content (AvgIpc) is 3.40. The SMILES string of the molecule is C=C1CC(OC(=O)C(O)Cc2ccc(O)cc2)C2C(=C)C(=O)OC2C2C(=C)C(OC3OC(CO)C(O)C(O)C3O)CC12. The first-order chi connectivity index (χ1) is 19.9. The van der Waals surface area contributed by atoms with Crippen molar-refractivity contribution in [1.82, 2.24) is 0 Å². The van der Waals surface area contributed by atoms with E-state index in [0.717, 1.165) is 0 Å². The summed E-state index contributed by atoms with van der Waals surface area (Å²) >= 11 is 0. The second kappa shape index (κ2) is 11.9. The molecule has 12 heteroatoms. The Morgan fingerprint density at radius 2 is 1.74 bits per heavy atom. The van der Waals surface area contributed by atoms with Crippen molar-refractivity contribution in [2.75, 3.05) is 6.61 Å². The zero-order valence-corrected chi connectivity index (χ0v) is 22.8. The number of hydrogen-bond acceptors (Lipinski definition) is 12. The molecule has 42 heavy (non-hydrogen) atoms.